The number of methoxy groups -OCH3 is 1. The van der Waals surface area contributed by atoms with Crippen LogP contribution in [-0.2, 0) is 9.47 Å². The van der Waals surface area contributed by atoms with Crippen LogP contribution in [0.4, 0.5) is 5.82 Å². The summed E-state index contributed by atoms with van der Waals surface area (Å²) in [7, 11) is 1.69. The van der Waals surface area contributed by atoms with Crippen LogP contribution in [0.3, 0.4) is 0 Å². The molecule has 0 unspecified atom stereocenters. The van der Waals surface area contributed by atoms with Crippen LogP contribution < -0.4 is 5.32 Å². The van der Waals surface area contributed by atoms with Crippen molar-refractivity contribution in [2.45, 2.75) is 13.3 Å². The molecule has 1 N–H and O–H groups in total. The number of rotatable bonds is 6. The minimum Gasteiger partial charge on any atom is -0.385 e. The second-order valence-electron chi connectivity index (χ2n) is 5.64. The lowest BCUT2D eigenvalue weighted by Gasteiger charge is -2.26. The van der Waals surface area contributed by atoms with E-state index < -0.39 is 0 Å². The average Bonchev–Trinajstić information content (AvgIpc) is 2.96. The average molecular weight is 350 g/mol. The van der Waals surface area contributed by atoms with Gasteiger partial charge in [0.05, 0.1) is 23.5 Å². The number of hydrogen-bond donors (Lipinski definition) is 1. The lowest BCUT2D eigenvalue weighted by Crippen LogP contribution is -2.40. The molecule has 2 aromatic heterocycles. The molecule has 130 valence electrons. The van der Waals surface area contributed by atoms with Gasteiger partial charge in [-0.15, -0.1) is 11.3 Å². The van der Waals surface area contributed by atoms with Crippen LogP contribution >= 0.6 is 11.3 Å². The Labute approximate surface area is 145 Å². The first-order valence-electron chi connectivity index (χ1n) is 8.06. The van der Waals surface area contributed by atoms with Crippen molar-refractivity contribution in [3.8, 4) is 0 Å². The molecule has 1 saturated heterocycles. The standard InChI is InChI=1S/C16H22N4O3S/c1-11-12-14(17-4-3-7-22-2)18-10-19-15(12)24-13(11)16(21)20-5-8-23-9-6-20/h10H,3-9H2,1-2H3,(H,17,18,19). The van der Waals surface area contributed by atoms with E-state index in [2.05, 4.69) is 15.3 Å². The maximum Gasteiger partial charge on any atom is 0.264 e. The van der Waals surface area contributed by atoms with Gasteiger partial charge >= 0.3 is 0 Å². The van der Waals surface area contributed by atoms with Crippen LogP contribution in [0.15, 0.2) is 6.33 Å². The highest BCUT2D eigenvalue weighted by Gasteiger charge is 2.24. The molecule has 3 rings (SSSR count). The molecule has 0 radical (unpaired) electrons. The van der Waals surface area contributed by atoms with Crippen molar-refractivity contribution in [2.24, 2.45) is 0 Å². The number of nitrogens with zero attached hydrogens (tertiary/aromatic N) is 3. The number of nitrogens with one attached hydrogen (secondary N) is 1. The molecule has 0 aromatic carbocycles. The van der Waals surface area contributed by atoms with Gasteiger partial charge < -0.3 is 19.7 Å². The minimum atomic E-state index is 0.0594. The number of ether oxygens (including phenoxy) is 2. The van der Waals surface area contributed by atoms with E-state index in [-0.39, 0.29) is 5.91 Å². The SMILES string of the molecule is COCCCNc1ncnc2sc(C(=O)N3CCOCC3)c(C)c12. The van der Waals surface area contributed by atoms with Gasteiger partial charge in [-0.3, -0.25) is 4.79 Å². The summed E-state index contributed by atoms with van der Waals surface area (Å²) < 4.78 is 10.4. The van der Waals surface area contributed by atoms with Gasteiger partial charge in [-0.05, 0) is 18.9 Å². The predicted molar refractivity (Wildman–Crippen MR) is 93.9 cm³/mol. The maximum absolute atomic E-state index is 12.8. The fourth-order valence-electron chi connectivity index (χ4n) is 2.74. The molecule has 1 aliphatic heterocycles. The van der Waals surface area contributed by atoms with Crippen LogP contribution in [-0.4, -0.2) is 67.3 Å². The Balaban J connectivity index is 1.85. The third kappa shape index (κ3) is 3.50. The van der Waals surface area contributed by atoms with E-state index in [1.54, 1.807) is 13.4 Å². The summed E-state index contributed by atoms with van der Waals surface area (Å²) in [5.41, 5.74) is 0.946. The van der Waals surface area contributed by atoms with Crippen LogP contribution in [0.2, 0.25) is 0 Å². The number of fused-ring (bicyclic) bond motifs is 1. The van der Waals surface area contributed by atoms with E-state index in [0.29, 0.717) is 32.9 Å². The monoisotopic (exact) mass is 350 g/mol. The van der Waals surface area contributed by atoms with Gasteiger partial charge in [0.25, 0.3) is 5.91 Å². The normalized spacial score (nSPS) is 15.0. The molecule has 3 heterocycles. The first kappa shape index (κ1) is 17.1. The molecule has 0 spiro atoms. The van der Waals surface area contributed by atoms with E-state index in [1.807, 2.05) is 11.8 Å². The molecule has 1 amide bonds. The summed E-state index contributed by atoms with van der Waals surface area (Å²) in [5.74, 6) is 0.843. The quantitative estimate of drug-likeness (QED) is 0.802. The molecule has 7 nitrogen and oxygen atoms in total. The van der Waals surface area contributed by atoms with Crippen molar-refractivity contribution in [1.29, 1.82) is 0 Å². The van der Waals surface area contributed by atoms with Gasteiger partial charge in [-0.1, -0.05) is 0 Å². The molecule has 0 aliphatic carbocycles. The molecule has 1 aliphatic rings. The zero-order valence-electron chi connectivity index (χ0n) is 14.0. The van der Waals surface area contributed by atoms with Gasteiger partial charge in [-0.2, -0.15) is 0 Å². The van der Waals surface area contributed by atoms with Gasteiger partial charge in [0.15, 0.2) is 0 Å². The summed E-state index contributed by atoms with van der Waals surface area (Å²) in [6.07, 6.45) is 2.44. The topological polar surface area (TPSA) is 76.6 Å². The van der Waals surface area contributed by atoms with Crippen molar-refractivity contribution in [1.82, 2.24) is 14.9 Å². The van der Waals surface area contributed by atoms with Crippen LogP contribution in [0.1, 0.15) is 21.7 Å². The van der Waals surface area contributed by atoms with Gasteiger partial charge in [0.2, 0.25) is 0 Å². The Bertz CT molecular complexity index is 713. The number of carbonyl (C=O) groups is 1. The second kappa shape index (κ2) is 7.87. The summed E-state index contributed by atoms with van der Waals surface area (Å²) in [6, 6.07) is 0. The molecular weight excluding hydrogens is 328 g/mol. The lowest BCUT2D eigenvalue weighted by atomic mass is 10.2. The fourth-order valence-corrected chi connectivity index (χ4v) is 3.86. The van der Waals surface area contributed by atoms with Gasteiger partial charge in [0, 0.05) is 33.4 Å². The summed E-state index contributed by atoms with van der Waals surface area (Å²) >= 11 is 1.44. The predicted octanol–water partition coefficient (Wildman–Crippen LogP) is 1.92. The minimum absolute atomic E-state index is 0.0594. The number of morpholine rings is 1. The number of amides is 1. The summed E-state index contributed by atoms with van der Waals surface area (Å²) in [5, 5.41) is 4.27. The lowest BCUT2D eigenvalue weighted by molar-refractivity contribution is 0.0306. The van der Waals surface area contributed by atoms with E-state index in [9.17, 15) is 4.79 Å². The highest BCUT2D eigenvalue weighted by atomic mass is 32.1. The number of anilines is 1. The van der Waals surface area contributed by atoms with Crippen molar-refractivity contribution >= 4 is 33.3 Å². The Morgan fingerprint density at radius 1 is 1.42 bits per heavy atom. The van der Waals surface area contributed by atoms with Crippen LogP contribution in [0.5, 0.6) is 0 Å². The molecule has 0 bridgehead atoms. The molecule has 0 atom stereocenters. The van der Waals surface area contributed by atoms with Crippen molar-refractivity contribution in [3.05, 3.63) is 16.8 Å². The maximum atomic E-state index is 12.8. The van der Waals surface area contributed by atoms with E-state index in [4.69, 9.17) is 9.47 Å². The van der Waals surface area contributed by atoms with E-state index in [0.717, 1.165) is 39.4 Å². The van der Waals surface area contributed by atoms with E-state index in [1.165, 1.54) is 11.3 Å². The number of carbonyl (C=O) groups excluding carboxylic acids is 1. The molecule has 24 heavy (non-hydrogen) atoms. The zero-order chi connectivity index (χ0) is 16.9. The van der Waals surface area contributed by atoms with Gasteiger partial charge in [0.1, 0.15) is 17.0 Å². The Hall–Kier alpha value is -1.77. The fraction of sp³-hybridized carbons (Fsp3) is 0.562. The molecule has 1 fully saturated rings. The Morgan fingerprint density at radius 2 is 2.21 bits per heavy atom. The Morgan fingerprint density at radius 3 is 2.96 bits per heavy atom. The highest BCUT2D eigenvalue weighted by Crippen LogP contribution is 2.34. The van der Waals surface area contributed by atoms with Crippen LogP contribution in [0, 0.1) is 6.92 Å². The number of hydrogen-bond acceptors (Lipinski definition) is 7. The first-order chi connectivity index (χ1) is 11.7. The molecule has 8 heteroatoms. The molecule has 2 aromatic rings. The molecular formula is C16H22N4O3S. The van der Waals surface area contributed by atoms with Crippen molar-refractivity contribution in [3.63, 3.8) is 0 Å². The molecule has 0 saturated carbocycles. The number of aryl methyl sites for hydroxylation is 1. The summed E-state index contributed by atoms with van der Waals surface area (Å²) in [6.45, 7) is 5.91. The van der Waals surface area contributed by atoms with Crippen LogP contribution in [0.25, 0.3) is 10.2 Å². The zero-order valence-corrected chi connectivity index (χ0v) is 14.8. The number of thiophene rings is 1. The largest absolute Gasteiger partial charge is 0.385 e. The van der Waals surface area contributed by atoms with Crippen molar-refractivity contribution < 1.29 is 14.3 Å². The van der Waals surface area contributed by atoms with E-state index >= 15 is 0 Å². The third-order valence-corrected chi connectivity index (χ3v) is 5.22. The second-order valence-corrected chi connectivity index (χ2v) is 6.64. The highest BCUT2D eigenvalue weighted by molar-refractivity contribution is 7.20. The number of aromatic nitrogens is 2. The third-order valence-electron chi connectivity index (χ3n) is 4.04. The first-order valence-corrected chi connectivity index (χ1v) is 8.88. The summed E-state index contributed by atoms with van der Waals surface area (Å²) in [4.78, 5) is 24.9. The van der Waals surface area contributed by atoms with Gasteiger partial charge in [-0.25, -0.2) is 9.97 Å². The smallest absolute Gasteiger partial charge is 0.264 e. The Kier molecular flexibility index (Phi) is 5.60. The van der Waals surface area contributed by atoms with Crippen molar-refractivity contribution in [2.75, 3.05) is 51.9 Å².